The van der Waals surface area contributed by atoms with Crippen molar-refractivity contribution in [2.75, 3.05) is 0 Å². The highest BCUT2D eigenvalue weighted by Gasteiger charge is 2.32. The molecule has 0 aliphatic carbocycles. The van der Waals surface area contributed by atoms with E-state index in [2.05, 4.69) is 10.6 Å². The lowest BCUT2D eigenvalue weighted by Crippen LogP contribution is -2.44. The largest absolute Gasteiger partial charge is 0.489 e. The monoisotopic (exact) mass is 624 g/mol. The number of rotatable bonds is 11. The molecule has 0 bridgehead atoms. The van der Waals surface area contributed by atoms with Crippen LogP contribution in [0.15, 0.2) is 109 Å². The van der Waals surface area contributed by atoms with E-state index in [1.807, 2.05) is 109 Å². The van der Waals surface area contributed by atoms with Crippen molar-refractivity contribution in [2.45, 2.75) is 78.0 Å². The van der Waals surface area contributed by atoms with Crippen LogP contribution in [0.2, 0.25) is 0 Å². The van der Waals surface area contributed by atoms with Crippen molar-refractivity contribution in [1.29, 1.82) is 0 Å². The number of nitrogens with one attached hydrogen (secondary N) is 2. The van der Waals surface area contributed by atoms with Crippen LogP contribution in [0.1, 0.15) is 75.9 Å². The van der Waals surface area contributed by atoms with Gasteiger partial charge in [0, 0.05) is 0 Å². The van der Waals surface area contributed by atoms with Gasteiger partial charge in [-0.3, -0.25) is 0 Å². The minimum atomic E-state index is -0.785. The third-order valence-electron chi connectivity index (χ3n) is 6.61. The zero-order chi connectivity index (χ0) is 33.2. The third-order valence-corrected chi connectivity index (χ3v) is 6.61. The van der Waals surface area contributed by atoms with Crippen molar-refractivity contribution < 1.29 is 28.5 Å². The Kier molecular flexibility index (Phi) is 11.3. The molecular weight excluding hydrogens is 580 g/mol. The molecule has 46 heavy (non-hydrogen) atoms. The Morgan fingerprint density at radius 2 is 0.913 bits per heavy atom. The van der Waals surface area contributed by atoms with Gasteiger partial charge in [-0.25, -0.2) is 9.59 Å². The van der Waals surface area contributed by atoms with Crippen molar-refractivity contribution in [3.05, 3.63) is 131 Å². The van der Waals surface area contributed by atoms with Crippen molar-refractivity contribution in [1.82, 2.24) is 10.6 Å². The summed E-state index contributed by atoms with van der Waals surface area (Å²) >= 11 is 0. The molecule has 0 aliphatic heterocycles. The number of ether oxygens (including phenoxy) is 4. The second kappa shape index (κ2) is 15.3. The Bertz CT molecular complexity index is 1440. The van der Waals surface area contributed by atoms with Gasteiger partial charge in [0.15, 0.2) is 0 Å². The number of carbonyl (C=O) groups excluding carboxylic acids is 2. The van der Waals surface area contributed by atoms with Gasteiger partial charge in [0.25, 0.3) is 0 Å². The number of alkyl carbamates (subject to hydrolysis) is 2. The number of hydrogen-bond donors (Lipinski definition) is 2. The molecule has 4 aromatic carbocycles. The summed E-state index contributed by atoms with van der Waals surface area (Å²) in [7, 11) is 0. The van der Waals surface area contributed by atoms with Gasteiger partial charge in [0.2, 0.25) is 0 Å². The number of carbonyl (C=O) groups is 2. The fourth-order valence-corrected chi connectivity index (χ4v) is 4.66. The molecule has 0 heterocycles. The summed E-state index contributed by atoms with van der Waals surface area (Å²) in [4.78, 5) is 26.6. The van der Waals surface area contributed by atoms with Crippen LogP contribution in [0, 0.1) is 0 Å². The Labute approximate surface area is 272 Å². The van der Waals surface area contributed by atoms with E-state index in [9.17, 15) is 9.59 Å². The molecule has 4 rings (SSSR count). The molecule has 2 atom stereocenters. The highest BCUT2D eigenvalue weighted by molar-refractivity contribution is 5.71. The molecular formula is C38H44N2O6. The molecule has 0 unspecified atom stereocenters. The average molecular weight is 625 g/mol. The predicted molar refractivity (Wildman–Crippen MR) is 179 cm³/mol. The van der Waals surface area contributed by atoms with Gasteiger partial charge in [-0.2, -0.15) is 0 Å². The lowest BCUT2D eigenvalue weighted by atomic mass is 9.93. The molecule has 4 aromatic rings. The topological polar surface area (TPSA) is 95.1 Å². The molecule has 8 heteroatoms. The van der Waals surface area contributed by atoms with Crippen LogP contribution in [-0.2, 0) is 22.7 Å². The second-order valence-electron chi connectivity index (χ2n) is 12.9. The summed E-state index contributed by atoms with van der Waals surface area (Å²) in [6.07, 6.45) is -1.28. The van der Waals surface area contributed by atoms with Crippen LogP contribution >= 0.6 is 0 Å². The standard InChI is InChI=1S/C38H44N2O6/c1-37(2,3)45-35(41)39-33(29-19-13-21-31(23-29)43-25-27-15-9-7-10-16-27)34(40-36(42)46-38(4,5)6)30-20-14-22-32(24-30)44-26-28-17-11-8-12-18-28/h7-24,33-34H,25-26H2,1-6H3,(H,39,41)(H,40,42)/t33-,34-/m1/s1. The zero-order valence-corrected chi connectivity index (χ0v) is 27.4. The Hall–Kier alpha value is -4.98. The molecule has 0 radical (unpaired) electrons. The first kappa shape index (κ1) is 33.9. The maximum atomic E-state index is 13.3. The number of amides is 2. The smallest absolute Gasteiger partial charge is 0.408 e. The number of benzene rings is 4. The summed E-state index contributed by atoms with van der Waals surface area (Å²) in [6.45, 7) is 11.5. The van der Waals surface area contributed by atoms with E-state index in [0.29, 0.717) is 35.8 Å². The molecule has 8 nitrogen and oxygen atoms in total. The molecule has 0 saturated carbocycles. The van der Waals surface area contributed by atoms with Gasteiger partial charge in [0.1, 0.15) is 35.9 Å². The Morgan fingerprint density at radius 1 is 0.543 bits per heavy atom. The minimum absolute atomic E-state index is 0.370. The molecule has 0 fully saturated rings. The molecule has 0 spiro atoms. The maximum Gasteiger partial charge on any atom is 0.408 e. The minimum Gasteiger partial charge on any atom is -0.489 e. The summed E-state index contributed by atoms with van der Waals surface area (Å²) in [6, 6.07) is 33.0. The summed E-state index contributed by atoms with van der Waals surface area (Å²) in [5, 5.41) is 6.01. The van der Waals surface area contributed by atoms with Crippen LogP contribution in [0.4, 0.5) is 9.59 Å². The fraction of sp³-hybridized carbons (Fsp3) is 0.316. The first-order valence-electron chi connectivity index (χ1n) is 15.4. The third kappa shape index (κ3) is 11.2. The lowest BCUT2D eigenvalue weighted by molar-refractivity contribution is 0.0427. The molecule has 0 saturated heterocycles. The van der Waals surface area contributed by atoms with E-state index in [-0.39, 0.29) is 0 Å². The van der Waals surface area contributed by atoms with E-state index in [1.165, 1.54) is 0 Å². The normalized spacial score (nSPS) is 12.7. The average Bonchev–Trinajstić information content (AvgIpc) is 3.00. The van der Waals surface area contributed by atoms with Crippen molar-refractivity contribution >= 4 is 12.2 Å². The Balaban J connectivity index is 1.71. The predicted octanol–water partition coefficient (Wildman–Crippen LogP) is 8.68. The van der Waals surface area contributed by atoms with Gasteiger partial charge < -0.3 is 29.6 Å². The summed E-state index contributed by atoms with van der Waals surface area (Å²) < 4.78 is 23.6. The van der Waals surface area contributed by atoms with Gasteiger partial charge in [0.05, 0.1) is 12.1 Å². The first-order chi connectivity index (χ1) is 21.8. The molecule has 0 aromatic heterocycles. The van der Waals surface area contributed by atoms with Crippen molar-refractivity contribution in [2.24, 2.45) is 0 Å². The first-order valence-corrected chi connectivity index (χ1v) is 15.4. The second-order valence-corrected chi connectivity index (χ2v) is 12.9. The van der Waals surface area contributed by atoms with E-state index in [0.717, 1.165) is 11.1 Å². The van der Waals surface area contributed by atoms with E-state index in [4.69, 9.17) is 18.9 Å². The summed E-state index contributed by atoms with van der Waals surface area (Å²) in [5.41, 5.74) is 1.94. The van der Waals surface area contributed by atoms with Gasteiger partial charge in [-0.1, -0.05) is 84.9 Å². The van der Waals surface area contributed by atoms with Crippen molar-refractivity contribution in [3.8, 4) is 11.5 Å². The highest BCUT2D eigenvalue weighted by atomic mass is 16.6. The fourth-order valence-electron chi connectivity index (χ4n) is 4.66. The quantitative estimate of drug-likeness (QED) is 0.173. The summed E-state index contributed by atoms with van der Waals surface area (Å²) in [5.74, 6) is 1.21. The van der Waals surface area contributed by atoms with Crippen molar-refractivity contribution in [3.63, 3.8) is 0 Å². The van der Waals surface area contributed by atoms with Crippen LogP contribution < -0.4 is 20.1 Å². The number of hydrogen-bond acceptors (Lipinski definition) is 6. The maximum absolute atomic E-state index is 13.3. The molecule has 242 valence electrons. The zero-order valence-electron chi connectivity index (χ0n) is 27.4. The highest BCUT2D eigenvalue weighted by Crippen LogP contribution is 2.34. The molecule has 2 amide bonds. The molecule has 2 N–H and O–H groups in total. The van der Waals surface area contributed by atoms with E-state index >= 15 is 0 Å². The van der Waals surface area contributed by atoms with Crippen LogP contribution in [0.3, 0.4) is 0 Å². The van der Waals surface area contributed by atoms with E-state index < -0.39 is 35.5 Å². The van der Waals surface area contributed by atoms with Crippen LogP contribution in [0.5, 0.6) is 11.5 Å². The van der Waals surface area contributed by atoms with E-state index in [1.54, 1.807) is 41.5 Å². The lowest BCUT2D eigenvalue weighted by Gasteiger charge is -2.32. The SMILES string of the molecule is CC(C)(C)OC(=O)N[C@H](c1cccc(OCc2ccccc2)c1)[C@H](NC(=O)OC(C)(C)C)c1cccc(OCc2ccccc2)c1. The van der Waals surface area contributed by atoms with Gasteiger partial charge in [-0.05, 0) is 88.1 Å². The van der Waals surface area contributed by atoms with Crippen LogP contribution in [-0.4, -0.2) is 23.4 Å². The van der Waals surface area contributed by atoms with Gasteiger partial charge in [-0.15, -0.1) is 0 Å². The Morgan fingerprint density at radius 3 is 1.26 bits per heavy atom. The van der Waals surface area contributed by atoms with Gasteiger partial charge >= 0.3 is 12.2 Å². The van der Waals surface area contributed by atoms with Crippen LogP contribution in [0.25, 0.3) is 0 Å². The molecule has 0 aliphatic rings.